The van der Waals surface area contributed by atoms with Crippen molar-refractivity contribution in [2.75, 3.05) is 12.8 Å². The summed E-state index contributed by atoms with van der Waals surface area (Å²) in [6.07, 6.45) is 0. The number of rotatable bonds is 1. The summed E-state index contributed by atoms with van der Waals surface area (Å²) < 4.78 is 4.91. The lowest BCUT2D eigenvalue weighted by Crippen LogP contribution is -1.89. The Balaban J connectivity index is 3.21. The first-order valence-electron chi connectivity index (χ1n) is 2.93. The second kappa shape index (κ2) is 3.20. The van der Waals surface area contributed by atoms with Gasteiger partial charge in [0.25, 0.3) is 0 Å². The second-order valence-corrected chi connectivity index (χ2v) is 2.80. The van der Waals surface area contributed by atoms with Crippen LogP contribution < -0.4 is 10.5 Å². The van der Waals surface area contributed by atoms with Gasteiger partial charge in [-0.25, -0.2) is 0 Å². The predicted molar refractivity (Wildman–Crippen MR) is 47.4 cm³/mol. The lowest BCUT2D eigenvalue weighted by Gasteiger charge is -2.04. The molecule has 0 saturated heterocycles. The Kier molecular flexibility index (Phi) is 2.47. The number of ether oxygens (including phenoxy) is 1. The zero-order chi connectivity index (χ0) is 8.43. The molecule has 0 amide bonds. The van der Waals surface area contributed by atoms with E-state index in [4.69, 9.17) is 33.7 Å². The third kappa shape index (κ3) is 1.70. The van der Waals surface area contributed by atoms with E-state index >= 15 is 0 Å². The smallest absolute Gasteiger partial charge is 0.122 e. The number of benzene rings is 1. The van der Waals surface area contributed by atoms with Crippen LogP contribution in [0.5, 0.6) is 5.75 Å². The maximum absolute atomic E-state index is 5.71. The molecule has 0 aliphatic carbocycles. The Morgan fingerprint density at radius 1 is 1.36 bits per heavy atom. The van der Waals surface area contributed by atoms with Crippen LogP contribution >= 0.6 is 23.2 Å². The molecule has 0 aromatic heterocycles. The van der Waals surface area contributed by atoms with Crippen molar-refractivity contribution < 1.29 is 4.74 Å². The molecule has 2 nitrogen and oxygen atoms in total. The summed E-state index contributed by atoms with van der Waals surface area (Å²) in [6.45, 7) is 0. The minimum atomic E-state index is 0.368. The fraction of sp³-hybridized carbons (Fsp3) is 0.143. The molecule has 1 aromatic rings. The van der Waals surface area contributed by atoms with Crippen LogP contribution in [0.25, 0.3) is 0 Å². The number of methoxy groups -OCH3 is 1. The zero-order valence-electron chi connectivity index (χ0n) is 5.90. The summed E-state index contributed by atoms with van der Waals surface area (Å²) in [4.78, 5) is 0. The van der Waals surface area contributed by atoms with Crippen LogP contribution in [-0.2, 0) is 0 Å². The predicted octanol–water partition coefficient (Wildman–Crippen LogP) is 2.58. The van der Waals surface area contributed by atoms with Crippen LogP contribution in [0.15, 0.2) is 12.1 Å². The number of anilines is 1. The Hall–Kier alpha value is -0.600. The molecule has 0 unspecified atom stereocenters. The summed E-state index contributed by atoms with van der Waals surface area (Å²) in [6, 6.07) is 3.23. The van der Waals surface area contributed by atoms with Gasteiger partial charge in [-0.1, -0.05) is 23.2 Å². The van der Waals surface area contributed by atoms with Crippen LogP contribution in [0.3, 0.4) is 0 Å². The van der Waals surface area contributed by atoms with Crippen molar-refractivity contribution in [3.8, 4) is 5.75 Å². The third-order valence-electron chi connectivity index (χ3n) is 1.27. The van der Waals surface area contributed by atoms with Gasteiger partial charge in [-0.05, 0) is 0 Å². The van der Waals surface area contributed by atoms with E-state index in [9.17, 15) is 0 Å². The molecule has 60 valence electrons. The molecule has 0 radical (unpaired) electrons. The van der Waals surface area contributed by atoms with Crippen LogP contribution in [0, 0.1) is 0 Å². The van der Waals surface area contributed by atoms with Crippen molar-refractivity contribution in [3.63, 3.8) is 0 Å². The van der Waals surface area contributed by atoms with E-state index in [0.29, 0.717) is 21.5 Å². The molecule has 0 saturated carbocycles. The van der Waals surface area contributed by atoms with E-state index < -0.39 is 0 Å². The Labute approximate surface area is 74.9 Å². The topological polar surface area (TPSA) is 35.2 Å². The van der Waals surface area contributed by atoms with Crippen molar-refractivity contribution in [2.24, 2.45) is 0 Å². The van der Waals surface area contributed by atoms with Crippen molar-refractivity contribution in [2.45, 2.75) is 0 Å². The molecule has 2 N–H and O–H groups in total. The fourth-order valence-corrected chi connectivity index (χ4v) is 1.03. The molecular weight excluding hydrogens is 185 g/mol. The average molecular weight is 192 g/mol. The molecule has 1 rings (SSSR count). The molecule has 11 heavy (non-hydrogen) atoms. The molecule has 4 heteroatoms. The minimum Gasteiger partial charge on any atom is -0.497 e. The van der Waals surface area contributed by atoms with Gasteiger partial charge in [-0.3, -0.25) is 0 Å². The molecular formula is C7H7Cl2NO. The number of hydrogen-bond donors (Lipinski definition) is 1. The summed E-state index contributed by atoms with van der Waals surface area (Å²) in [5, 5.41) is 0.774. The van der Waals surface area contributed by atoms with Crippen LogP contribution in [0.4, 0.5) is 5.69 Å². The van der Waals surface area contributed by atoms with E-state index in [0.717, 1.165) is 0 Å². The van der Waals surface area contributed by atoms with Gasteiger partial charge in [-0.15, -0.1) is 0 Å². The largest absolute Gasteiger partial charge is 0.497 e. The van der Waals surface area contributed by atoms with Crippen LogP contribution in [0.2, 0.25) is 10.0 Å². The van der Waals surface area contributed by atoms with Crippen molar-refractivity contribution in [1.29, 1.82) is 0 Å². The zero-order valence-corrected chi connectivity index (χ0v) is 7.41. The molecule has 1 aromatic carbocycles. The first-order chi connectivity index (χ1) is 5.15. The summed E-state index contributed by atoms with van der Waals surface area (Å²) in [7, 11) is 1.54. The summed E-state index contributed by atoms with van der Waals surface area (Å²) >= 11 is 11.4. The van der Waals surface area contributed by atoms with E-state index in [1.807, 2.05) is 0 Å². The van der Waals surface area contributed by atoms with Crippen molar-refractivity contribution in [1.82, 2.24) is 0 Å². The van der Waals surface area contributed by atoms with Gasteiger partial charge in [-0.2, -0.15) is 0 Å². The van der Waals surface area contributed by atoms with E-state index in [1.165, 1.54) is 0 Å². The Morgan fingerprint density at radius 3 is 2.45 bits per heavy atom. The van der Waals surface area contributed by atoms with Gasteiger partial charge < -0.3 is 10.5 Å². The lowest BCUT2D eigenvalue weighted by molar-refractivity contribution is 0.415. The monoisotopic (exact) mass is 191 g/mol. The van der Waals surface area contributed by atoms with Gasteiger partial charge in [0.05, 0.1) is 22.8 Å². The number of hydrogen-bond acceptors (Lipinski definition) is 2. The molecule has 0 aliphatic rings. The molecule has 0 fully saturated rings. The Morgan fingerprint density at radius 2 is 2.00 bits per heavy atom. The number of halogens is 2. The van der Waals surface area contributed by atoms with Gasteiger partial charge in [0, 0.05) is 12.1 Å². The average Bonchev–Trinajstić information content (AvgIpc) is 1.99. The van der Waals surface area contributed by atoms with Gasteiger partial charge in [0.15, 0.2) is 0 Å². The van der Waals surface area contributed by atoms with Gasteiger partial charge in [0.1, 0.15) is 5.75 Å². The first kappa shape index (κ1) is 8.50. The normalized spacial score (nSPS) is 9.73. The third-order valence-corrected chi connectivity index (χ3v) is 2.08. The van der Waals surface area contributed by atoms with E-state index in [2.05, 4.69) is 0 Å². The number of nitrogens with two attached hydrogens (primary N) is 1. The number of nitrogen functional groups attached to an aromatic ring is 1. The highest BCUT2D eigenvalue weighted by molar-refractivity contribution is 6.43. The molecule has 0 atom stereocenters. The highest BCUT2D eigenvalue weighted by Crippen LogP contribution is 2.32. The SMILES string of the molecule is COc1cc(N)c(Cl)c(Cl)c1. The highest BCUT2D eigenvalue weighted by atomic mass is 35.5. The quantitative estimate of drug-likeness (QED) is 0.694. The Bertz CT molecular complexity index is 252. The van der Waals surface area contributed by atoms with E-state index in [-0.39, 0.29) is 0 Å². The summed E-state index contributed by atoms with van der Waals surface area (Å²) in [5.41, 5.74) is 5.93. The van der Waals surface area contributed by atoms with Crippen LogP contribution in [-0.4, -0.2) is 7.11 Å². The molecule has 0 bridgehead atoms. The van der Waals surface area contributed by atoms with Crippen molar-refractivity contribution in [3.05, 3.63) is 22.2 Å². The minimum absolute atomic E-state index is 0.368. The molecule has 0 spiro atoms. The lowest BCUT2D eigenvalue weighted by atomic mass is 10.3. The van der Waals surface area contributed by atoms with E-state index in [1.54, 1.807) is 19.2 Å². The van der Waals surface area contributed by atoms with Gasteiger partial charge >= 0.3 is 0 Å². The maximum atomic E-state index is 5.71. The van der Waals surface area contributed by atoms with Crippen LogP contribution in [0.1, 0.15) is 0 Å². The second-order valence-electron chi connectivity index (χ2n) is 2.01. The summed E-state index contributed by atoms with van der Waals surface area (Å²) in [5.74, 6) is 0.608. The van der Waals surface area contributed by atoms with Gasteiger partial charge in [0.2, 0.25) is 0 Å². The first-order valence-corrected chi connectivity index (χ1v) is 3.69. The maximum Gasteiger partial charge on any atom is 0.122 e. The molecule has 0 aliphatic heterocycles. The molecule has 0 heterocycles. The standard InChI is InChI=1S/C7H7Cl2NO/c1-11-4-2-5(8)7(9)6(10)3-4/h2-3H,10H2,1H3. The van der Waals surface area contributed by atoms with Crippen molar-refractivity contribution >= 4 is 28.9 Å². The highest BCUT2D eigenvalue weighted by Gasteiger charge is 2.03. The fourth-order valence-electron chi connectivity index (χ4n) is 0.702.